The second-order valence-electron chi connectivity index (χ2n) is 20.2. The number of carbonyl (C=O) groups is 3. The average molecular weight is 992 g/mol. The van der Waals surface area contributed by atoms with Crippen LogP contribution in [0.1, 0.15) is 74.8 Å². The maximum absolute atomic E-state index is 14.6. The predicted molar refractivity (Wildman–Crippen MR) is 265 cm³/mol. The molecule has 376 valence electrons. The Morgan fingerprint density at radius 3 is 2.59 bits per heavy atom. The number of aromatic nitrogens is 1. The number of nitrogens with zero attached hydrogens (tertiary/aromatic N) is 3. The fraction of sp³-hybridized carbons (Fsp3) is 0.620. The summed E-state index contributed by atoms with van der Waals surface area (Å²) in [5, 5.41) is 53.1. The minimum absolute atomic E-state index is 0.0145. The number of benzene rings is 2. The van der Waals surface area contributed by atoms with Crippen molar-refractivity contribution >= 4 is 56.5 Å². The van der Waals surface area contributed by atoms with Gasteiger partial charge in [-0.2, -0.15) is 0 Å². The number of likely N-dealkylation sites (N-methyl/N-ethyl adjacent to an activating group) is 1. The third-order valence-corrected chi connectivity index (χ3v) is 19.4. The number of anilines is 1. The summed E-state index contributed by atoms with van der Waals surface area (Å²) in [6.07, 6.45) is 6.19. The minimum Gasteiger partial charge on any atom is -0.496 e. The van der Waals surface area contributed by atoms with Crippen molar-refractivity contribution in [1.82, 2.24) is 31.1 Å². The molecule has 1 saturated carbocycles. The fourth-order valence-electron chi connectivity index (χ4n) is 14.3. The van der Waals surface area contributed by atoms with E-state index in [1.54, 1.807) is 14.2 Å². The number of H-pyrrole nitrogens is 1. The summed E-state index contributed by atoms with van der Waals surface area (Å²) >= 11 is 0. The molecule has 5 aliphatic heterocycles. The van der Waals surface area contributed by atoms with Gasteiger partial charge in [0, 0.05) is 109 Å². The second kappa shape index (κ2) is 19.6. The molecule has 3 fully saturated rings. The number of fused-ring (bicyclic) bond motifs is 6. The van der Waals surface area contributed by atoms with Crippen molar-refractivity contribution < 1.29 is 49.1 Å². The number of carbonyl (C=O) groups excluding carboxylic acids is 3. The minimum atomic E-state index is -2.30. The van der Waals surface area contributed by atoms with Crippen LogP contribution in [0.15, 0.2) is 48.6 Å². The van der Waals surface area contributed by atoms with Gasteiger partial charge in [-0.15, -0.1) is 5.59 Å². The first kappa shape index (κ1) is 50.1. The fourth-order valence-corrected chi connectivity index (χ4v) is 16.1. The zero-order chi connectivity index (χ0) is 48.9. The van der Waals surface area contributed by atoms with Crippen LogP contribution in [0.3, 0.4) is 0 Å². The number of hydrazine groups is 1. The molecule has 0 radical (unpaired) electrons. The third kappa shape index (κ3) is 7.97. The van der Waals surface area contributed by atoms with Crippen LogP contribution in [0, 0.1) is 11.3 Å². The monoisotopic (exact) mass is 991 g/mol. The molecule has 3 aromatic rings. The standard InChI is InChI=1S/C50H69N7O10S2/c1-6-46(62)25-31-26-48(29-66-30-58,40-33(13-18-56(27-31)28-46)32-11-8-9-12-36(32)52-40)35-23-34-37(24-38(35)65-5)55(4)44-49(34)16-19-57-17-10-15-47(7-2,43(49)57)45(61)50(44,63)41(53-54-64)42(60)67-20-22-69-68-21-14-39(59)51-3/h8-12,15,23-24,30-31,41,43-45,52-54,61-64H,6-7,13-14,16-22,25-29H2,1-5H3,(H,51,59)/t31?,41?,43-,44+,45+,46-,47+,48-,49+,50-/m0/s1. The highest BCUT2D eigenvalue weighted by Gasteiger charge is 2.79. The summed E-state index contributed by atoms with van der Waals surface area (Å²) in [6.45, 7) is 7.81. The number of hydrogen-bond donors (Lipinski definition) is 8. The molecule has 2 bridgehead atoms. The lowest BCUT2D eigenvalue weighted by molar-refractivity contribution is -0.221. The van der Waals surface area contributed by atoms with Gasteiger partial charge >= 0.3 is 5.97 Å². The van der Waals surface area contributed by atoms with Crippen LogP contribution < -0.4 is 26.0 Å². The number of aromatic amines is 1. The van der Waals surface area contributed by atoms with Gasteiger partial charge in [0.25, 0.3) is 6.47 Å². The van der Waals surface area contributed by atoms with Crippen LogP contribution >= 0.6 is 21.6 Å². The summed E-state index contributed by atoms with van der Waals surface area (Å²) in [6, 6.07) is 9.47. The van der Waals surface area contributed by atoms with Crippen LogP contribution in [0.25, 0.3) is 10.9 Å². The second-order valence-corrected chi connectivity index (χ2v) is 22.9. The van der Waals surface area contributed by atoms with Crippen molar-refractivity contribution in [2.75, 3.05) is 83.5 Å². The van der Waals surface area contributed by atoms with E-state index in [4.69, 9.17) is 14.2 Å². The predicted octanol–water partition coefficient (Wildman–Crippen LogP) is 3.16. The molecule has 1 spiro atoms. The van der Waals surface area contributed by atoms with Crippen molar-refractivity contribution in [3.63, 3.8) is 0 Å². The molecule has 19 heteroatoms. The van der Waals surface area contributed by atoms with Gasteiger partial charge in [-0.05, 0) is 74.2 Å². The largest absolute Gasteiger partial charge is 0.496 e. The Balaban J connectivity index is 1.22. The average Bonchev–Trinajstić information content (AvgIpc) is 4.02. The van der Waals surface area contributed by atoms with E-state index in [0.29, 0.717) is 88.3 Å². The van der Waals surface area contributed by atoms with Gasteiger partial charge in [0.15, 0.2) is 6.04 Å². The number of esters is 1. The highest BCUT2D eigenvalue weighted by Crippen LogP contribution is 2.68. The van der Waals surface area contributed by atoms with Crippen LogP contribution in [0.4, 0.5) is 5.69 Å². The Bertz CT molecular complexity index is 2440. The van der Waals surface area contributed by atoms with Crippen LogP contribution in [-0.4, -0.2) is 168 Å². The summed E-state index contributed by atoms with van der Waals surface area (Å²) in [7, 11) is 8.03. The van der Waals surface area contributed by atoms with E-state index in [-0.39, 0.29) is 31.1 Å². The molecule has 6 aliphatic rings. The van der Waals surface area contributed by atoms with Crippen LogP contribution in [0.5, 0.6) is 5.75 Å². The number of hydrogen-bond acceptors (Lipinski definition) is 17. The van der Waals surface area contributed by atoms with E-state index in [9.17, 15) is 34.9 Å². The molecule has 1 aliphatic carbocycles. The van der Waals surface area contributed by atoms with E-state index >= 15 is 0 Å². The Morgan fingerprint density at radius 2 is 1.86 bits per heavy atom. The lowest BCUT2D eigenvalue weighted by Crippen LogP contribution is -2.84. The van der Waals surface area contributed by atoms with Gasteiger partial charge < -0.3 is 49.9 Å². The summed E-state index contributed by atoms with van der Waals surface area (Å²) in [5.74, 6) is 0.572. The zero-order valence-corrected chi connectivity index (χ0v) is 41.9. The highest BCUT2D eigenvalue weighted by atomic mass is 33.1. The van der Waals surface area contributed by atoms with Gasteiger partial charge in [0.1, 0.15) is 24.6 Å². The van der Waals surface area contributed by atoms with E-state index in [1.807, 2.05) is 61.7 Å². The van der Waals surface area contributed by atoms with E-state index in [0.717, 1.165) is 52.1 Å². The topological polar surface area (TPSA) is 221 Å². The molecule has 3 unspecified atom stereocenters. The van der Waals surface area contributed by atoms with Crippen molar-refractivity contribution in [2.45, 2.75) is 105 Å². The number of methoxy groups -OCH3 is 1. The van der Waals surface area contributed by atoms with Crippen LogP contribution in [-0.2, 0) is 41.1 Å². The van der Waals surface area contributed by atoms with Crippen molar-refractivity contribution in [3.8, 4) is 5.75 Å². The molecular weight excluding hydrogens is 923 g/mol. The molecule has 2 aromatic carbocycles. The van der Waals surface area contributed by atoms with Crippen molar-refractivity contribution in [2.24, 2.45) is 11.3 Å². The first-order valence-electron chi connectivity index (χ1n) is 24.4. The summed E-state index contributed by atoms with van der Waals surface area (Å²) < 4.78 is 18.4. The Kier molecular flexibility index (Phi) is 14.2. The quantitative estimate of drug-likeness (QED) is 0.0229. The Labute approximate surface area is 411 Å². The number of aliphatic hydroxyl groups excluding tert-OH is 1. The number of rotatable bonds is 18. The number of nitrogens with one attached hydrogen (secondary N) is 4. The van der Waals surface area contributed by atoms with Gasteiger partial charge in [-0.25, -0.2) is 5.43 Å². The first-order valence-corrected chi connectivity index (χ1v) is 26.9. The third-order valence-electron chi connectivity index (χ3n) is 17.0. The molecule has 2 saturated heterocycles. The van der Waals surface area contributed by atoms with Gasteiger partial charge in [-0.3, -0.25) is 24.2 Å². The van der Waals surface area contributed by atoms with Gasteiger partial charge in [-0.1, -0.05) is 65.8 Å². The number of aliphatic hydroxyl groups is 3. The highest BCUT2D eigenvalue weighted by molar-refractivity contribution is 8.76. The Morgan fingerprint density at radius 1 is 1.06 bits per heavy atom. The van der Waals surface area contributed by atoms with Crippen molar-refractivity contribution in [1.29, 1.82) is 0 Å². The van der Waals surface area contributed by atoms with E-state index in [1.165, 1.54) is 21.6 Å². The van der Waals surface area contributed by atoms with E-state index in [2.05, 4.69) is 43.7 Å². The normalized spacial score (nSPS) is 33.8. The lowest BCUT2D eigenvalue weighted by atomic mass is 9.46. The molecule has 1 amide bonds. The summed E-state index contributed by atoms with van der Waals surface area (Å²) in [4.78, 5) is 49.4. The maximum atomic E-state index is 14.6. The molecule has 8 N–H and O–H groups in total. The molecule has 69 heavy (non-hydrogen) atoms. The summed E-state index contributed by atoms with van der Waals surface area (Å²) in [5.41, 5.74) is 3.77. The van der Waals surface area contributed by atoms with Crippen molar-refractivity contribution in [3.05, 3.63) is 70.9 Å². The molecule has 11 atom stereocenters. The lowest BCUT2D eigenvalue weighted by Gasteiger charge is -2.65. The number of amides is 1. The molecule has 1 aromatic heterocycles. The van der Waals surface area contributed by atoms with Gasteiger partial charge in [0.05, 0.1) is 30.3 Å². The number of ether oxygens (including phenoxy) is 3. The molecule has 6 heterocycles. The number of piperidine rings is 1. The molecule has 17 nitrogen and oxygen atoms in total. The maximum Gasteiger partial charge on any atom is 0.327 e. The van der Waals surface area contributed by atoms with E-state index < -0.39 is 51.6 Å². The molecule has 9 rings (SSSR count). The number of para-hydroxylation sites is 1. The molecular formula is C50H69N7O10S2. The van der Waals surface area contributed by atoms with Gasteiger partial charge in [0.2, 0.25) is 5.91 Å². The SMILES string of the molecule is CC[C@]1(O)CC2CN(CCc3c([nH]c4ccccc34)[C@@](COC=O)(c3cc4c(cc3OC)N(C)[C@@H]3[C@]45CCN4CC=C[C@@](CC)([C@@H](O)[C@]3(O)C(NNO)C(=O)OCCSSCCC(=O)NC)[C@H]45)C2)C1. The smallest absolute Gasteiger partial charge is 0.327 e. The van der Waals surface area contributed by atoms with Crippen LogP contribution in [0.2, 0.25) is 0 Å². The first-order chi connectivity index (χ1) is 33.2. The zero-order valence-electron chi connectivity index (χ0n) is 40.3. The Hall–Kier alpha value is -3.89.